The summed E-state index contributed by atoms with van der Waals surface area (Å²) >= 11 is 0. The van der Waals surface area contributed by atoms with Crippen molar-refractivity contribution in [3.8, 4) is 5.75 Å². The molecule has 1 aromatic heterocycles. The molecule has 3 fully saturated rings. The molecule has 7 nitrogen and oxygen atoms in total. The molecule has 2 saturated heterocycles. The van der Waals surface area contributed by atoms with Gasteiger partial charge < -0.3 is 14.8 Å². The van der Waals surface area contributed by atoms with Gasteiger partial charge in [-0.3, -0.25) is 19.5 Å². The Morgan fingerprint density at radius 2 is 1.82 bits per heavy atom. The van der Waals surface area contributed by atoms with Crippen LogP contribution in [0.5, 0.6) is 5.75 Å². The van der Waals surface area contributed by atoms with Gasteiger partial charge in [-0.25, -0.2) is 0 Å². The Hall–Kier alpha value is -3.23. The minimum atomic E-state index is -0.989. The number of carbonyl (C=O) groups excluding carboxylic acids is 2. The lowest BCUT2D eigenvalue weighted by atomic mass is 9.57. The number of aryl methyl sites for hydroxylation is 2. The van der Waals surface area contributed by atoms with Gasteiger partial charge in [0.2, 0.25) is 11.8 Å². The summed E-state index contributed by atoms with van der Waals surface area (Å²) in [5, 5.41) is 21.4. The zero-order chi connectivity index (χ0) is 31.1. The van der Waals surface area contributed by atoms with Crippen molar-refractivity contribution < 1.29 is 24.4 Å². The highest BCUT2D eigenvalue weighted by atomic mass is 16.5. The Labute approximate surface area is 261 Å². The fourth-order valence-corrected chi connectivity index (χ4v) is 8.36. The molecule has 4 atom stereocenters. The molecule has 2 N–H and O–H groups in total. The number of fused-ring (bicyclic) bond motifs is 3. The van der Waals surface area contributed by atoms with E-state index in [1.54, 1.807) is 11.1 Å². The van der Waals surface area contributed by atoms with Crippen molar-refractivity contribution in [3.63, 3.8) is 0 Å². The summed E-state index contributed by atoms with van der Waals surface area (Å²) in [4.78, 5) is 34.2. The van der Waals surface area contributed by atoms with E-state index in [0.717, 1.165) is 65.6 Å². The highest BCUT2D eigenvalue weighted by molar-refractivity contribution is 6.43. The first-order valence-electron chi connectivity index (χ1n) is 16.5. The number of phenolic OH excluding ortho intramolecular Hbond substituents is 1. The van der Waals surface area contributed by atoms with Gasteiger partial charge in [0.15, 0.2) is 0 Å². The lowest BCUT2D eigenvalue weighted by Crippen LogP contribution is -2.47. The van der Waals surface area contributed by atoms with Crippen LogP contribution in [0.15, 0.2) is 47.7 Å². The second-order valence-corrected chi connectivity index (χ2v) is 13.7. The molecule has 2 amide bonds. The third-order valence-corrected chi connectivity index (χ3v) is 10.4. The van der Waals surface area contributed by atoms with E-state index in [0.29, 0.717) is 31.3 Å². The maximum atomic E-state index is 14.1. The second kappa shape index (κ2) is 12.6. The number of benzene rings is 1. The molecule has 1 aromatic carbocycles. The van der Waals surface area contributed by atoms with Crippen molar-refractivity contribution in [3.05, 3.63) is 70.1 Å². The summed E-state index contributed by atoms with van der Waals surface area (Å²) in [6.45, 7) is 8.13. The standard InChI is InChI=1S/C36H45BN2O5/c1-21(2)27-19-28-33(36(42)39(35(28)41)26-10-6-5-7-11-26)29-20-37(43)44-31(32(27)29)14-13-25(30-12-8-9-15-38-30)18-24-16-22(3)34(40)23(4)17-24/h8-9,12,15-18,21,26,28-29,31,33,40,43H,5-7,10-11,13-14,19-20H2,1-4H3/b25-18-/t28-,29+,31-,33-/m1/s1. The average Bonchev–Trinajstić information content (AvgIpc) is 3.27. The Morgan fingerprint density at radius 1 is 1.09 bits per heavy atom. The maximum Gasteiger partial charge on any atom is 0.455 e. The zero-order valence-corrected chi connectivity index (χ0v) is 26.5. The number of amides is 2. The van der Waals surface area contributed by atoms with Crippen LogP contribution >= 0.6 is 0 Å². The number of carbonyl (C=O) groups is 2. The number of likely N-dealkylation sites (tertiary alicyclic amines) is 1. The molecule has 3 heterocycles. The molecule has 0 spiro atoms. The van der Waals surface area contributed by atoms with Crippen LogP contribution in [0.2, 0.25) is 6.32 Å². The van der Waals surface area contributed by atoms with Crippen LogP contribution in [0.25, 0.3) is 11.6 Å². The zero-order valence-electron chi connectivity index (χ0n) is 26.5. The van der Waals surface area contributed by atoms with Crippen LogP contribution < -0.4 is 0 Å². The normalized spacial score (nSPS) is 26.5. The van der Waals surface area contributed by atoms with Crippen molar-refractivity contribution in [2.75, 3.05) is 0 Å². The lowest BCUT2D eigenvalue weighted by molar-refractivity contribution is -0.143. The molecule has 44 heavy (non-hydrogen) atoms. The third-order valence-electron chi connectivity index (χ3n) is 10.4. The quantitative estimate of drug-likeness (QED) is 0.215. The Bertz CT molecular complexity index is 1460. The van der Waals surface area contributed by atoms with Gasteiger partial charge >= 0.3 is 7.12 Å². The molecule has 2 aliphatic heterocycles. The first-order chi connectivity index (χ1) is 21.1. The summed E-state index contributed by atoms with van der Waals surface area (Å²) in [6, 6.07) is 9.84. The molecule has 0 unspecified atom stereocenters. The maximum absolute atomic E-state index is 14.1. The van der Waals surface area contributed by atoms with Gasteiger partial charge in [-0.2, -0.15) is 0 Å². The van der Waals surface area contributed by atoms with Gasteiger partial charge in [0.1, 0.15) is 5.75 Å². The van der Waals surface area contributed by atoms with E-state index in [9.17, 15) is 19.7 Å². The van der Waals surface area contributed by atoms with Crippen LogP contribution in [0.1, 0.15) is 87.6 Å². The number of phenols is 1. The Kier molecular flexibility index (Phi) is 8.85. The molecule has 8 heteroatoms. The molecular weight excluding hydrogens is 551 g/mol. The van der Waals surface area contributed by atoms with E-state index in [1.165, 1.54) is 5.57 Å². The van der Waals surface area contributed by atoms with Crippen LogP contribution in [0, 0.1) is 37.5 Å². The van der Waals surface area contributed by atoms with Crippen LogP contribution in [0.3, 0.4) is 0 Å². The molecule has 2 aromatic rings. The number of hydrogen-bond donors (Lipinski definition) is 2. The highest BCUT2D eigenvalue weighted by Crippen LogP contribution is 2.53. The van der Waals surface area contributed by atoms with Gasteiger partial charge in [0, 0.05) is 12.2 Å². The van der Waals surface area contributed by atoms with Gasteiger partial charge in [-0.05, 0) is 122 Å². The van der Waals surface area contributed by atoms with E-state index in [2.05, 4.69) is 24.9 Å². The molecule has 4 aliphatic rings. The third kappa shape index (κ3) is 5.79. The van der Waals surface area contributed by atoms with Gasteiger partial charge in [-0.15, -0.1) is 0 Å². The van der Waals surface area contributed by atoms with Crippen molar-refractivity contribution in [2.45, 2.75) is 97.5 Å². The molecule has 0 radical (unpaired) electrons. The first kappa shape index (κ1) is 30.8. The smallest absolute Gasteiger partial charge is 0.455 e. The number of hydrogen-bond acceptors (Lipinski definition) is 6. The summed E-state index contributed by atoms with van der Waals surface area (Å²) in [5.41, 5.74) is 6.88. The number of aromatic hydroxyl groups is 1. The van der Waals surface area contributed by atoms with Crippen molar-refractivity contribution in [1.29, 1.82) is 0 Å². The number of pyridine rings is 1. The molecule has 0 bridgehead atoms. The van der Waals surface area contributed by atoms with E-state index < -0.39 is 13.0 Å². The number of allylic oxidation sites excluding steroid dienone is 2. The molecule has 6 rings (SSSR count). The van der Waals surface area contributed by atoms with Crippen molar-refractivity contribution >= 4 is 30.6 Å². The Balaban J connectivity index is 1.32. The fourth-order valence-electron chi connectivity index (χ4n) is 8.36. The fraction of sp³-hybridized carbons (Fsp3) is 0.528. The SMILES string of the molecule is Cc1cc(/C=C(/CC[C@H]2OB(O)C[C@H]3C2=C(C(C)C)C[C@H]2C(=O)N(C4CCCCC4)C(=O)[C@H]23)c2ccccn2)cc(C)c1O. The number of aromatic nitrogens is 1. The van der Waals surface area contributed by atoms with E-state index in [1.807, 2.05) is 44.2 Å². The van der Waals surface area contributed by atoms with E-state index in [-0.39, 0.29) is 41.7 Å². The van der Waals surface area contributed by atoms with Crippen molar-refractivity contribution in [2.24, 2.45) is 23.7 Å². The largest absolute Gasteiger partial charge is 0.507 e. The summed E-state index contributed by atoms with van der Waals surface area (Å²) in [6.07, 6.45) is 10.8. The minimum absolute atomic E-state index is 0.00138. The van der Waals surface area contributed by atoms with Gasteiger partial charge in [0.05, 0.1) is 23.6 Å². The lowest BCUT2D eigenvalue weighted by Gasteiger charge is -2.44. The average molecular weight is 597 g/mol. The molecular formula is C36H45BN2O5. The second-order valence-electron chi connectivity index (χ2n) is 13.7. The first-order valence-corrected chi connectivity index (χ1v) is 16.5. The minimum Gasteiger partial charge on any atom is -0.507 e. The Morgan fingerprint density at radius 3 is 2.48 bits per heavy atom. The molecule has 1 saturated carbocycles. The van der Waals surface area contributed by atoms with Crippen LogP contribution in [-0.2, 0) is 14.2 Å². The summed E-state index contributed by atoms with van der Waals surface area (Å²) in [5.74, 6) is -0.477. The van der Waals surface area contributed by atoms with Crippen LogP contribution in [-0.4, -0.2) is 51.1 Å². The van der Waals surface area contributed by atoms with Crippen molar-refractivity contribution in [1.82, 2.24) is 9.88 Å². The van der Waals surface area contributed by atoms with Gasteiger partial charge in [-0.1, -0.05) is 44.7 Å². The number of nitrogens with zero attached hydrogens (tertiary/aromatic N) is 2. The van der Waals surface area contributed by atoms with Gasteiger partial charge in [0.25, 0.3) is 0 Å². The molecule has 232 valence electrons. The topological polar surface area (TPSA) is 100.0 Å². The predicted octanol–water partition coefficient (Wildman–Crippen LogP) is 6.51. The van der Waals surface area contributed by atoms with Crippen LogP contribution in [0.4, 0.5) is 0 Å². The predicted molar refractivity (Wildman–Crippen MR) is 172 cm³/mol. The summed E-state index contributed by atoms with van der Waals surface area (Å²) in [7, 11) is -0.989. The van der Waals surface area contributed by atoms with E-state index in [4.69, 9.17) is 4.65 Å². The number of imide groups is 1. The number of rotatable bonds is 7. The molecule has 2 aliphatic carbocycles. The highest BCUT2D eigenvalue weighted by Gasteiger charge is 2.58. The monoisotopic (exact) mass is 596 g/mol. The van der Waals surface area contributed by atoms with E-state index >= 15 is 0 Å². The summed E-state index contributed by atoms with van der Waals surface area (Å²) < 4.78 is 6.29.